The highest BCUT2D eigenvalue weighted by atomic mass is 35.5. The summed E-state index contributed by atoms with van der Waals surface area (Å²) in [7, 11) is -4.21. The first-order valence-corrected chi connectivity index (χ1v) is 10.9. The molecule has 0 atom stereocenters. The molecule has 0 saturated carbocycles. The Kier molecular flexibility index (Phi) is 6.30. The highest BCUT2D eigenvalue weighted by Crippen LogP contribution is 2.30. The molecule has 0 radical (unpaired) electrons. The fourth-order valence-corrected chi connectivity index (χ4v) is 4.83. The molecule has 1 heterocycles. The molecule has 3 rings (SSSR count). The number of carbonyl (C=O) groups excluding carboxylic acids is 3. The zero-order chi connectivity index (χ0) is 22.1. The van der Waals surface area contributed by atoms with Crippen LogP contribution in [-0.4, -0.2) is 43.5 Å². The lowest BCUT2D eigenvalue weighted by molar-refractivity contribution is -0.139. The molecule has 0 bridgehead atoms. The van der Waals surface area contributed by atoms with Crippen LogP contribution in [0, 0.1) is 0 Å². The first-order valence-electron chi connectivity index (χ1n) is 8.70. The molecule has 30 heavy (non-hydrogen) atoms. The number of Topliss-reactive ketones (excluding diaryl/α,β-unsaturated/α-hetero) is 1. The zero-order valence-electron chi connectivity index (χ0n) is 15.6. The Morgan fingerprint density at radius 3 is 2.47 bits per heavy atom. The minimum Gasteiger partial charge on any atom is -0.462 e. The lowest BCUT2D eigenvalue weighted by Gasteiger charge is -2.15. The van der Waals surface area contributed by atoms with E-state index in [1.165, 1.54) is 48.5 Å². The van der Waals surface area contributed by atoms with Gasteiger partial charge in [-0.25, -0.2) is 17.5 Å². The smallest absolute Gasteiger partial charge is 0.341 e. The van der Waals surface area contributed by atoms with Gasteiger partial charge in [0.25, 0.3) is 15.9 Å². The van der Waals surface area contributed by atoms with E-state index in [0.29, 0.717) is 14.9 Å². The number of amides is 1. The van der Waals surface area contributed by atoms with Crippen molar-refractivity contribution in [1.29, 1.82) is 0 Å². The van der Waals surface area contributed by atoms with Gasteiger partial charge in [-0.2, -0.15) is 0 Å². The van der Waals surface area contributed by atoms with E-state index in [1.54, 1.807) is 6.92 Å². The Morgan fingerprint density at radius 1 is 1.13 bits per heavy atom. The number of nitrogens with zero attached hydrogens (tertiary/aromatic N) is 1. The van der Waals surface area contributed by atoms with Crippen molar-refractivity contribution >= 4 is 57.0 Å². The standard InChI is InChI=1S/C20H15Cl2NO6S/c1-2-29-20(26)15(9-12-7-8-13(21)10-16(12)22)17(24)11-23-19(25)14-5-3-4-6-18(14)30(23,27)28/h3-10H,2,11H2,1H3. The third-order valence-electron chi connectivity index (χ3n) is 4.26. The van der Waals surface area contributed by atoms with Crippen molar-refractivity contribution in [3.05, 3.63) is 69.2 Å². The Bertz CT molecular complexity index is 1190. The van der Waals surface area contributed by atoms with E-state index in [-0.39, 0.29) is 22.1 Å². The molecule has 2 aromatic carbocycles. The summed E-state index contributed by atoms with van der Waals surface area (Å²) in [6, 6.07) is 10.1. The van der Waals surface area contributed by atoms with Crippen molar-refractivity contribution in [2.24, 2.45) is 0 Å². The number of ketones is 1. The molecular weight excluding hydrogens is 453 g/mol. The van der Waals surface area contributed by atoms with Crippen molar-refractivity contribution in [3.63, 3.8) is 0 Å². The van der Waals surface area contributed by atoms with Gasteiger partial charge >= 0.3 is 5.97 Å². The number of rotatable bonds is 6. The maximum absolute atomic E-state index is 12.9. The van der Waals surface area contributed by atoms with Gasteiger partial charge < -0.3 is 4.74 Å². The molecule has 1 amide bonds. The number of fused-ring (bicyclic) bond motifs is 1. The summed E-state index contributed by atoms with van der Waals surface area (Å²) >= 11 is 12.0. The van der Waals surface area contributed by atoms with E-state index in [9.17, 15) is 22.8 Å². The van der Waals surface area contributed by atoms with Crippen LogP contribution in [0.15, 0.2) is 52.9 Å². The quantitative estimate of drug-likeness (QED) is 0.279. The number of ether oxygens (including phenoxy) is 1. The molecular formula is C20H15Cl2NO6S. The predicted molar refractivity (Wildman–Crippen MR) is 111 cm³/mol. The summed E-state index contributed by atoms with van der Waals surface area (Å²) in [5.74, 6) is -2.72. The maximum Gasteiger partial charge on any atom is 0.341 e. The first kappa shape index (κ1) is 22.0. The summed E-state index contributed by atoms with van der Waals surface area (Å²) < 4.78 is 30.7. The van der Waals surface area contributed by atoms with Gasteiger partial charge in [-0.15, -0.1) is 0 Å². The number of halogens is 2. The van der Waals surface area contributed by atoms with E-state index in [2.05, 4.69) is 0 Å². The molecule has 0 aromatic heterocycles. The lowest BCUT2D eigenvalue weighted by atomic mass is 10.1. The Balaban J connectivity index is 1.98. The summed E-state index contributed by atoms with van der Waals surface area (Å²) in [4.78, 5) is 37.6. The molecule has 2 aromatic rings. The molecule has 0 spiro atoms. The van der Waals surface area contributed by atoms with Crippen LogP contribution >= 0.6 is 23.2 Å². The summed E-state index contributed by atoms with van der Waals surface area (Å²) in [5.41, 5.74) is -0.177. The number of hydrogen-bond donors (Lipinski definition) is 0. The molecule has 156 valence electrons. The molecule has 1 aliphatic rings. The van der Waals surface area contributed by atoms with Crippen LogP contribution in [0.4, 0.5) is 0 Å². The highest BCUT2D eigenvalue weighted by molar-refractivity contribution is 7.90. The molecule has 0 N–H and O–H groups in total. The number of benzene rings is 2. The third-order valence-corrected chi connectivity index (χ3v) is 6.61. The van der Waals surface area contributed by atoms with Gasteiger partial charge in [-0.3, -0.25) is 9.59 Å². The fourth-order valence-electron chi connectivity index (χ4n) is 2.84. The summed E-state index contributed by atoms with van der Waals surface area (Å²) in [6.45, 7) is 0.691. The molecule has 0 unspecified atom stereocenters. The molecule has 10 heteroatoms. The minimum absolute atomic E-state index is 0.00973. The van der Waals surface area contributed by atoms with Crippen molar-refractivity contribution in [2.75, 3.05) is 13.2 Å². The van der Waals surface area contributed by atoms with E-state index in [0.717, 1.165) is 0 Å². The van der Waals surface area contributed by atoms with Gasteiger partial charge in [0.2, 0.25) is 0 Å². The second kappa shape index (κ2) is 8.59. The zero-order valence-corrected chi connectivity index (χ0v) is 17.9. The third kappa shape index (κ3) is 4.12. The average Bonchev–Trinajstić information content (AvgIpc) is 2.88. The summed E-state index contributed by atoms with van der Waals surface area (Å²) in [5, 5.41) is 0.530. The monoisotopic (exact) mass is 467 g/mol. The molecule has 0 saturated heterocycles. The van der Waals surface area contributed by atoms with Gasteiger partial charge in [0.1, 0.15) is 17.0 Å². The first-order chi connectivity index (χ1) is 14.2. The van der Waals surface area contributed by atoms with Gasteiger partial charge in [-0.1, -0.05) is 41.4 Å². The highest BCUT2D eigenvalue weighted by Gasteiger charge is 2.42. The van der Waals surface area contributed by atoms with Crippen LogP contribution in [-0.2, 0) is 24.3 Å². The summed E-state index contributed by atoms with van der Waals surface area (Å²) in [6.07, 6.45) is 1.18. The van der Waals surface area contributed by atoms with Crippen LogP contribution in [0.5, 0.6) is 0 Å². The largest absolute Gasteiger partial charge is 0.462 e. The number of sulfonamides is 1. The topological polar surface area (TPSA) is 97.8 Å². The average molecular weight is 468 g/mol. The van der Waals surface area contributed by atoms with Crippen LogP contribution in [0.2, 0.25) is 10.0 Å². The van der Waals surface area contributed by atoms with Crippen LogP contribution in [0.1, 0.15) is 22.8 Å². The molecule has 0 aliphatic carbocycles. The number of carbonyl (C=O) groups is 3. The molecule has 0 fully saturated rings. The van der Waals surface area contributed by atoms with Crippen LogP contribution in [0.25, 0.3) is 6.08 Å². The van der Waals surface area contributed by atoms with Crippen molar-refractivity contribution in [1.82, 2.24) is 4.31 Å². The minimum atomic E-state index is -4.21. The number of hydrogen-bond acceptors (Lipinski definition) is 6. The van der Waals surface area contributed by atoms with Gasteiger partial charge in [0.05, 0.1) is 12.2 Å². The van der Waals surface area contributed by atoms with E-state index < -0.39 is 39.8 Å². The lowest BCUT2D eigenvalue weighted by Crippen LogP contribution is -2.36. The normalized spacial score (nSPS) is 15.1. The van der Waals surface area contributed by atoms with E-state index in [4.69, 9.17) is 27.9 Å². The molecule has 7 nitrogen and oxygen atoms in total. The van der Waals surface area contributed by atoms with Crippen LogP contribution < -0.4 is 0 Å². The number of esters is 1. The van der Waals surface area contributed by atoms with Gasteiger partial charge in [0.15, 0.2) is 5.78 Å². The van der Waals surface area contributed by atoms with Crippen LogP contribution in [0.3, 0.4) is 0 Å². The van der Waals surface area contributed by atoms with E-state index in [1.807, 2.05) is 0 Å². The SMILES string of the molecule is CCOC(=O)C(=Cc1ccc(Cl)cc1Cl)C(=O)CN1C(=O)c2ccccc2S1(=O)=O. The second-order valence-corrected chi connectivity index (χ2v) is 8.85. The van der Waals surface area contributed by atoms with Gasteiger partial charge in [-0.05, 0) is 42.8 Å². The van der Waals surface area contributed by atoms with Gasteiger partial charge in [0, 0.05) is 10.0 Å². The Labute approximate surface area is 182 Å². The fraction of sp³-hybridized carbons (Fsp3) is 0.150. The second-order valence-electron chi connectivity index (χ2n) is 6.18. The Hall–Kier alpha value is -2.68. The van der Waals surface area contributed by atoms with Crippen molar-refractivity contribution in [3.8, 4) is 0 Å². The molecule has 1 aliphatic heterocycles. The maximum atomic E-state index is 12.9. The van der Waals surface area contributed by atoms with Crippen molar-refractivity contribution in [2.45, 2.75) is 11.8 Å². The predicted octanol–water partition coefficient (Wildman–Crippen LogP) is 3.35. The Morgan fingerprint density at radius 2 is 1.83 bits per heavy atom. The van der Waals surface area contributed by atoms with E-state index >= 15 is 0 Å². The van der Waals surface area contributed by atoms with Crippen molar-refractivity contribution < 1.29 is 27.5 Å².